The van der Waals surface area contributed by atoms with Crippen LogP contribution < -0.4 is 16.4 Å². The van der Waals surface area contributed by atoms with Crippen molar-refractivity contribution < 1.29 is 4.79 Å². The average molecular weight is 434 g/mol. The zero-order valence-electron chi connectivity index (χ0n) is 16.0. The van der Waals surface area contributed by atoms with E-state index in [4.69, 9.17) is 17.3 Å². The summed E-state index contributed by atoms with van der Waals surface area (Å²) in [6, 6.07) is 3.38. The van der Waals surface area contributed by atoms with Gasteiger partial charge in [0.05, 0.1) is 33.3 Å². The van der Waals surface area contributed by atoms with Crippen LogP contribution in [-0.2, 0) is 6.54 Å². The van der Waals surface area contributed by atoms with Crippen molar-refractivity contribution >= 4 is 34.5 Å². The molecular weight excluding hydrogens is 410 g/mol. The Morgan fingerprint density at radius 3 is 3.00 bits per heavy atom. The van der Waals surface area contributed by atoms with Gasteiger partial charge in [0.15, 0.2) is 0 Å². The molecule has 0 unspecified atom stereocenters. The molecule has 1 saturated heterocycles. The second kappa shape index (κ2) is 10.2. The smallest absolute Gasteiger partial charge is 0.261 e. The first-order valence-corrected chi connectivity index (χ1v) is 10.5. The standard InChI is InChI=1S/C19H24ClN7OS/c1-14(26-9-2-7-22-8-10-26)3-4-15(11-21)27-16(13-24-25-27)12-23-19(28)17-5-6-18(20)29-17/h3-6,11,13,22H,1-2,7-10,12,21H2,(H,23,28)/b4-3-,15-11+. The van der Waals surface area contributed by atoms with Crippen LogP contribution in [0, 0.1) is 0 Å². The Labute approximate surface area is 178 Å². The average Bonchev–Trinajstić information content (AvgIpc) is 3.27. The Bertz CT molecular complexity index is 909. The highest BCUT2D eigenvalue weighted by molar-refractivity contribution is 7.17. The number of hydrogen-bond donors (Lipinski definition) is 3. The second-order valence-corrected chi connectivity index (χ2v) is 8.15. The number of aromatic nitrogens is 3. The fraction of sp³-hybridized carbons (Fsp3) is 0.316. The van der Waals surface area contributed by atoms with Gasteiger partial charge in [-0.2, -0.15) is 0 Å². The van der Waals surface area contributed by atoms with Crippen LogP contribution in [0.2, 0.25) is 4.34 Å². The van der Waals surface area contributed by atoms with E-state index in [0.717, 1.165) is 38.3 Å². The lowest BCUT2D eigenvalue weighted by atomic mass is 10.3. The summed E-state index contributed by atoms with van der Waals surface area (Å²) in [5.74, 6) is -0.202. The Kier molecular flexibility index (Phi) is 7.45. The van der Waals surface area contributed by atoms with E-state index in [1.54, 1.807) is 23.0 Å². The summed E-state index contributed by atoms with van der Waals surface area (Å²) in [7, 11) is 0. The van der Waals surface area contributed by atoms with Crippen LogP contribution in [0.3, 0.4) is 0 Å². The Hall–Kier alpha value is -2.62. The third kappa shape index (κ3) is 5.69. The van der Waals surface area contributed by atoms with Gasteiger partial charge in [0.1, 0.15) is 0 Å². The lowest BCUT2D eigenvalue weighted by Gasteiger charge is -2.22. The number of carbonyl (C=O) groups is 1. The summed E-state index contributed by atoms with van der Waals surface area (Å²) < 4.78 is 2.16. The first kappa shape index (κ1) is 21.1. The highest BCUT2D eigenvalue weighted by atomic mass is 35.5. The number of nitrogens with zero attached hydrogens (tertiary/aromatic N) is 4. The van der Waals surface area contributed by atoms with Crippen LogP contribution in [0.25, 0.3) is 5.70 Å². The number of rotatable bonds is 7. The van der Waals surface area contributed by atoms with Gasteiger partial charge in [-0.05, 0) is 37.3 Å². The quantitative estimate of drug-likeness (QED) is 0.578. The maximum absolute atomic E-state index is 12.2. The molecule has 154 valence electrons. The molecule has 3 rings (SSSR count). The summed E-state index contributed by atoms with van der Waals surface area (Å²) in [6.07, 6.45) is 7.89. The summed E-state index contributed by atoms with van der Waals surface area (Å²) >= 11 is 7.11. The van der Waals surface area contributed by atoms with Gasteiger partial charge in [-0.1, -0.05) is 23.4 Å². The Morgan fingerprint density at radius 1 is 1.38 bits per heavy atom. The number of nitrogens with two attached hydrogens (primary N) is 1. The van der Waals surface area contributed by atoms with Crippen molar-refractivity contribution in [1.29, 1.82) is 0 Å². The number of allylic oxidation sites excluding steroid dienone is 3. The molecule has 0 saturated carbocycles. The van der Waals surface area contributed by atoms with Gasteiger partial charge in [-0.15, -0.1) is 16.4 Å². The molecule has 0 radical (unpaired) electrons. The minimum absolute atomic E-state index is 0.202. The van der Waals surface area contributed by atoms with Crippen LogP contribution in [0.5, 0.6) is 0 Å². The molecule has 0 aromatic carbocycles. The molecule has 1 aliphatic heterocycles. The summed E-state index contributed by atoms with van der Waals surface area (Å²) in [4.78, 5) is 15.0. The molecule has 4 N–H and O–H groups in total. The molecule has 0 atom stereocenters. The van der Waals surface area contributed by atoms with Crippen molar-refractivity contribution in [2.75, 3.05) is 26.2 Å². The zero-order chi connectivity index (χ0) is 20.6. The fourth-order valence-corrected chi connectivity index (χ4v) is 3.86. The molecule has 0 bridgehead atoms. The minimum atomic E-state index is -0.202. The summed E-state index contributed by atoms with van der Waals surface area (Å²) in [6.45, 7) is 8.25. The van der Waals surface area contributed by atoms with Crippen molar-refractivity contribution in [3.05, 3.63) is 63.9 Å². The van der Waals surface area contributed by atoms with E-state index in [1.165, 1.54) is 17.5 Å². The van der Waals surface area contributed by atoms with Crippen molar-refractivity contribution in [1.82, 2.24) is 30.5 Å². The number of hydrogen-bond acceptors (Lipinski definition) is 7. The van der Waals surface area contributed by atoms with Crippen LogP contribution in [0.4, 0.5) is 0 Å². The number of carbonyl (C=O) groups excluding carboxylic acids is 1. The second-order valence-electron chi connectivity index (χ2n) is 6.43. The molecule has 3 heterocycles. The van der Waals surface area contributed by atoms with E-state index >= 15 is 0 Å². The molecule has 1 fully saturated rings. The van der Waals surface area contributed by atoms with Gasteiger partial charge in [-0.25, -0.2) is 4.68 Å². The van der Waals surface area contributed by atoms with Crippen LogP contribution in [0.15, 0.2) is 49.0 Å². The number of thiophene rings is 1. The molecule has 8 nitrogen and oxygen atoms in total. The van der Waals surface area contributed by atoms with E-state index in [9.17, 15) is 4.79 Å². The molecule has 1 aliphatic rings. The van der Waals surface area contributed by atoms with Gasteiger partial charge in [-0.3, -0.25) is 4.79 Å². The lowest BCUT2D eigenvalue weighted by Crippen LogP contribution is -2.26. The molecule has 0 aliphatic carbocycles. The van der Waals surface area contributed by atoms with Gasteiger partial charge < -0.3 is 21.3 Å². The third-order valence-electron chi connectivity index (χ3n) is 4.46. The largest absolute Gasteiger partial charge is 0.403 e. The molecule has 1 amide bonds. The maximum atomic E-state index is 12.2. The fourth-order valence-electron chi connectivity index (χ4n) is 2.91. The van der Waals surface area contributed by atoms with E-state index in [2.05, 4.69) is 32.4 Å². The van der Waals surface area contributed by atoms with Crippen LogP contribution >= 0.6 is 22.9 Å². The van der Waals surface area contributed by atoms with Crippen molar-refractivity contribution in [2.24, 2.45) is 5.73 Å². The number of nitrogens with one attached hydrogen (secondary N) is 2. The molecule has 29 heavy (non-hydrogen) atoms. The van der Waals surface area contributed by atoms with E-state index in [-0.39, 0.29) is 12.5 Å². The van der Waals surface area contributed by atoms with Crippen molar-refractivity contribution in [3.63, 3.8) is 0 Å². The molecule has 0 spiro atoms. The van der Waals surface area contributed by atoms with Crippen LogP contribution in [0.1, 0.15) is 21.8 Å². The van der Waals surface area contributed by atoms with E-state index in [0.29, 0.717) is 20.6 Å². The van der Waals surface area contributed by atoms with Crippen LogP contribution in [-0.4, -0.2) is 52.0 Å². The molecule has 2 aromatic heterocycles. The Morgan fingerprint density at radius 2 is 2.24 bits per heavy atom. The zero-order valence-corrected chi connectivity index (χ0v) is 17.5. The molecule has 2 aromatic rings. The molecular formula is C19H24ClN7OS. The summed E-state index contributed by atoms with van der Waals surface area (Å²) in [5, 5.41) is 14.3. The lowest BCUT2D eigenvalue weighted by molar-refractivity contribution is 0.0954. The van der Waals surface area contributed by atoms with E-state index < -0.39 is 0 Å². The van der Waals surface area contributed by atoms with Gasteiger partial charge in [0.25, 0.3) is 5.91 Å². The molecule has 10 heteroatoms. The number of amides is 1. The summed E-state index contributed by atoms with van der Waals surface area (Å²) in [5.41, 5.74) is 8.07. The number of halogens is 1. The van der Waals surface area contributed by atoms with E-state index in [1.807, 2.05) is 12.2 Å². The maximum Gasteiger partial charge on any atom is 0.261 e. The highest BCUT2D eigenvalue weighted by Gasteiger charge is 2.12. The van der Waals surface area contributed by atoms with Gasteiger partial charge >= 0.3 is 0 Å². The predicted molar refractivity (Wildman–Crippen MR) is 116 cm³/mol. The first-order chi connectivity index (χ1) is 14.1. The van der Waals surface area contributed by atoms with Crippen molar-refractivity contribution in [3.8, 4) is 0 Å². The highest BCUT2D eigenvalue weighted by Crippen LogP contribution is 2.21. The topological polar surface area (TPSA) is 101 Å². The normalized spacial score (nSPS) is 15.5. The van der Waals surface area contributed by atoms with Crippen molar-refractivity contribution in [2.45, 2.75) is 13.0 Å². The van der Waals surface area contributed by atoms with Gasteiger partial charge in [0, 0.05) is 31.5 Å². The monoisotopic (exact) mass is 433 g/mol. The Balaban J connectivity index is 1.64. The first-order valence-electron chi connectivity index (χ1n) is 9.26. The van der Waals surface area contributed by atoms with Gasteiger partial charge in [0.2, 0.25) is 0 Å². The predicted octanol–water partition coefficient (Wildman–Crippen LogP) is 2.05. The SMILES string of the molecule is C=C(/C=C\C(=C/N)n1nncc1CNC(=O)c1ccc(Cl)s1)N1CCCNCC1. The third-order valence-corrected chi connectivity index (χ3v) is 5.68. The minimum Gasteiger partial charge on any atom is -0.403 e.